The van der Waals surface area contributed by atoms with E-state index in [0.29, 0.717) is 0 Å². The molecule has 2 nitrogen and oxygen atoms in total. The molecule has 2 heteroatoms. The fourth-order valence-electron chi connectivity index (χ4n) is 8.23. The lowest BCUT2D eigenvalue weighted by molar-refractivity contribution is 1.37. The molecule has 0 unspecified atom stereocenters. The Bertz CT molecular complexity index is 2940. The van der Waals surface area contributed by atoms with Crippen molar-refractivity contribution >= 4 is 97.7 Å². The molecule has 12 rings (SSSR count). The van der Waals surface area contributed by atoms with Crippen LogP contribution in [0.25, 0.3) is 97.7 Å². The van der Waals surface area contributed by atoms with Crippen LogP contribution in [-0.4, -0.2) is 8.80 Å². The molecule has 0 aliphatic carbocycles. The van der Waals surface area contributed by atoms with Gasteiger partial charge in [0.2, 0.25) is 0 Å². The van der Waals surface area contributed by atoms with Crippen molar-refractivity contribution in [3.8, 4) is 0 Å². The third-order valence-electron chi connectivity index (χ3n) is 10.2. The van der Waals surface area contributed by atoms with Crippen LogP contribution < -0.4 is 0 Å². The number of aromatic nitrogens is 2. The van der Waals surface area contributed by atoms with Crippen LogP contribution in [0.5, 0.6) is 0 Å². The summed E-state index contributed by atoms with van der Waals surface area (Å²) in [5.74, 6) is 0. The highest BCUT2D eigenvalue weighted by Gasteiger charge is 2.18. The van der Waals surface area contributed by atoms with Crippen molar-refractivity contribution in [1.82, 2.24) is 8.80 Å². The first kappa shape index (κ1) is 24.2. The molecule has 0 saturated heterocycles. The molecule has 0 radical (unpaired) electrons. The lowest BCUT2D eigenvalue weighted by Crippen LogP contribution is -1.82. The second kappa shape index (κ2) is 8.74. The SMILES string of the molecule is c1ccc2c(c1)c1cccc3c4ccccc4n2c13.c1ccc2cc3c(cc2c1)c1cccc2c4cc5ccccc5cc4n3c12. The molecule has 0 atom stereocenters. The van der Waals surface area contributed by atoms with Gasteiger partial charge in [0, 0.05) is 43.1 Å². The van der Waals surface area contributed by atoms with E-state index in [1.807, 2.05) is 0 Å². The van der Waals surface area contributed by atoms with Gasteiger partial charge in [-0.25, -0.2) is 0 Å². The Morgan fingerprint density at radius 3 is 1.02 bits per heavy atom. The van der Waals surface area contributed by atoms with E-state index < -0.39 is 0 Å². The van der Waals surface area contributed by atoms with Gasteiger partial charge in [0.1, 0.15) is 0 Å². The fraction of sp³-hybridized carbons (Fsp3) is 0. The van der Waals surface area contributed by atoms with E-state index in [2.05, 4.69) is 167 Å². The maximum Gasteiger partial charge on any atom is 0.0620 e. The van der Waals surface area contributed by atoms with Gasteiger partial charge in [-0.3, -0.25) is 0 Å². The molecular weight excluding hydrogens is 556 g/mol. The van der Waals surface area contributed by atoms with Crippen LogP contribution in [-0.2, 0) is 0 Å². The Kier molecular flexibility index (Phi) is 4.61. The number of benzene rings is 8. The molecule has 0 aliphatic rings. The molecule has 4 heterocycles. The van der Waals surface area contributed by atoms with E-state index in [1.165, 1.54) is 97.7 Å². The lowest BCUT2D eigenvalue weighted by atomic mass is 10.0. The predicted octanol–water partition coefficient (Wildman–Crippen LogP) is 12.0. The summed E-state index contributed by atoms with van der Waals surface area (Å²) in [6.07, 6.45) is 0. The first-order chi connectivity index (χ1) is 22.8. The Balaban J connectivity index is 0.000000121. The Labute approximate surface area is 263 Å². The molecule has 12 aromatic rings. The van der Waals surface area contributed by atoms with Crippen LogP contribution in [0.2, 0.25) is 0 Å². The largest absolute Gasteiger partial charge is 0.308 e. The van der Waals surface area contributed by atoms with Crippen molar-refractivity contribution in [2.45, 2.75) is 0 Å². The van der Waals surface area contributed by atoms with E-state index in [-0.39, 0.29) is 0 Å². The topological polar surface area (TPSA) is 8.82 Å². The smallest absolute Gasteiger partial charge is 0.0620 e. The van der Waals surface area contributed by atoms with Crippen LogP contribution in [0, 0.1) is 0 Å². The zero-order chi connectivity index (χ0) is 29.9. The van der Waals surface area contributed by atoms with Crippen molar-refractivity contribution in [2.75, 3.05) is 0 Å². The third-order valence-corrected chi connectivity index (χ3v) is 10.2. The van der Waals surface area contributed by atoms with Crippen LogP contribution in [0.1, 0.15) is 0 Å². The number of hydrogen-bond acceptors (Lipinski definition) is 0. The summed E-state index contributed by atoms with van der Waals surface area (Å²) < 4.78 is 4.86. The Hall–Kier alpha value is -6.12. The van der Waals surface area contributed by atoms with Crippen LogP contribution in [0.15, 0.2) is 158 Å². The molecular formula is C44H26N2. The summed E-state index contributed by atoms with van der Waals surface area (Å²) in [4.78, 5) is 0. The Morgan fingerprint density at radius 1 is 0.239 bits per heavy atom. The summed E-state index contributed by atoms with van der Waals surface area (Å²) in [7, 11) is 0. The standard InChI is InChI=1S/C26H15N.C18H11N/c1-3-8-18-14-24-22(12-16(18)6-1)20-10-5-11-21-23-13-17-7-2-4-9-19(17)15-25(23)27(24)26(20)21;1-3-10-16-12(6-1)14-8-5-9-15-13-7-2-4-11-17(13)19(16)18(14)15/h1-15H;1-11H. The number of hydrogen-bond donors (Lipinski definition) is 0. The zero-order valence-electron chi connectivity index (χ0n) is 24.9. The third kappa shape index (κ3) is 3.05. The van der Waals surface area contributed by atoms with E-state index >= 15 is 0 Å². The van der Waals surface area contributed by atoms with E-state index in [9.17, 15) is 0 Å². The normalized spacial score (nSPS) is 12.3. The molecule has 46 heavy (non-hydrogen) atoms. The monoisotopic (exact) mass is 582 g/mol. The van der Waals surface area contributed by atoms with E-state index in [0.717, 1.165) is 0 Å². The molecule has 0 aliphatic heterocycles. The van der Waals surface area contributed by atoms with Crippen molar-refractivity contribution in [2.24, 2.45) is 0 Å². The minimum Gasteiger partial charge on any atom is -0.308 e. The molecule has 0 N–H and O–H groups in total. The van der Waals surface area contributed by atoms with Gasteiger partial charge in [0.25, 0.3) is 0 Å². The summed E-state index contributed by atoms with van der Waals surface area (Å²) in [6, 6.07) is 57.3. The minimum atomic E-state index is 1.29. The molecule has 0 saturated carbocycles. The fourth-order valence-corrected chi connectivity index (χ4v) is 8.23. The number of para-hydroxylation sites is 4. The van der Waals surface area contributed by atoms with Crippen molar-refractivity contribution in [3.63, 3.8) is 0 Å². The van der Waals surface area contributed by atoms with E-state index in [1.54, 1.807) is 0 Å². The van der Waals surface area contributed by atoms with Crippen LogP contribution >= 0.6 is 0 Å². The Morgan fingerprint density at radius 2 is 0.565 bits per heavy atom. The molecule has 4 aromatic heterocycles. The average molecular weight is 583 g/mol. The molecule has 0 amide bonds. The summed E-state index contributed by atoms with van der Waals surface area (Å²) in [6.45, 7) is 0. The van der Waals surface area contributed by atoms with Crippen molar-refractivity contribution in [1.29, 1.82) is 0 Å². The first-order valence-electron chi connectivity index (χ1n) is 15.9. The number of nitrogens with zero attached hydrogens (tertiary/aromatic N) is 2. The quantitative estimate of drug-likeness (QED) is 0.168. The first-order valence-corrected chi connectivity index (χ1v) is 15.9. The summed E-state index contributed by atoms with van der Waals surface area (Å²) in [5.41, 5.74) is 7.89. The van der Waals surface area contributed by atoms with Crippen LogP contribution in [0.3, 0.4) is 0 Å². The predicted molar refractivity (Wildman–Crippen MR) is 197 cm³/mol. The maximum atomic E-state index is 2.47. The number of rotatable bonds is 0. The van der Waals surface area contributed by atoms with Crippen LogP contribution in [0.4, 0.5) is 0 Å². The second-order valence-corrected chi connectivity index (χ2v) is 12.5. The highest BCUT2D eigenvalue weighted by Crippen LogP contribution is 2.42. The van der Waals surface area contributed by atoms with Gasteiger partial charge in [-0.1, -0.05) is 121 Å². The lowest BCUT2D eigenvalue weighted by Gasteiger charge is -2.03. The summed E-state index contributed by atoms with van der Waals surface area (Å²) >= 11 is 0. The van der Waals surface area contributed by atoms with Crippen molar-refractivity contribution in [3.05, 3.63) is 158 Å². The molecule has 0 spiro atoms. The number of fused-ring (bicyclic) bond motifs is 14. The molecule has 0 fully saturated rings. The molecule has 8 aromatic carbocycles. The van der Waals surface area contributed by atoms with Gasteiger partial charge >= 0.3 is 0 Å². The molecule has 0 bridgehead atoms. The molecule has 212 valence electrons. The highest BCUT2D eigenvalue weighted by atomic mass is 14.9. The van der Waals surface area contributed by atoms with Gasteiger partial charge in [-0.15, -0.1) is 0 Å². The van der Waals surface area contributed by atoms with Gasteiger partial charge in [-0.2, -0.15) is 0 Å². The maximum absolute atomic E-state index is 2.47. The highest BCUT2D eigenvalue weighted by molar-refractivity contribution is 6.26. The van der Waals surface area contributed by atoms with Crippen molar-refractivity contribution < 1.29 is 0 Å². The van der Waals surface area contributed by atoms with Gasteiger partial charge in [0.05, 0.1) is 33.1 Å². The minimum absolute atomic E-state index is 1.29. The van der Waals surface area contributed by atoms with Gasteiger partial charge < -0.3 is 8.80 Å². The van der Waals surface area contributed by atoms with Gasteiger partial charge in [0.15, 0.2) is 0 Å². The van der Waals surface area contributed by atoms with Gasteiger partial charge in [-0.05, 0) is 57.9 Å². The summed E-state index contributed by atoms with van der Waals surface area (Å²) in [5, 5.41) is 15.9. The second-order valence-electron chi connectivity index (χ2n) is 12.5. The van der Waals surface area contributed by atoms with E-state index in [4.69, 9.17) is 0 Å². The average Bonchev–Trinajstić information content (AvgIpc) is 3.84. The zero-order valence-corrected chi connectivity index (χ0v) is 24.9.